The summed E-state index contributed by atoms with van der Waals surface area (Å²) in [6.07, 6.45) is 82.3. The first-order valence-electron chi connectivity index (χ1n) is 38.2. The van der Waals surface area contributed by atoms with Crippen LogP contribution in [-0.2, 0) is 32.7 Å². The van der Waals surface area contributed by atoms with Crippen LogP contribution in [0.4, 0.5) is 0 Å². The van der Waals surface area contributed by atoms with E-state index in [4.69, 9.17) is 18.5 Å². The zero-order valence-electron chi connectivity index (χ0n) is 58.1. The van der Waals surface area contributed by atoms with Crippen molar-refractivity contribution in [1.29, 1.82) is 0 Å². The van der Waals surface area contributed by atoms with E-state index < -0.39 is 26.5 Å². The Hall–Kier alpha value is -0.990. The molecule has 2 atom stereocenters. The lowest BCUT2D eigenvalue weighted by Gasteiger charge is -2.28. The monoisotopic (exact) mass is 1220 g/mol. The van der Waals surface area contributed by atoms with Gasteiger partial charge in [0.15, 0.2) is 6.10 Å². The predicted octanol–water partition coefficient (Wildman–Crippen LogP) is 24.3. The summed E-state index contributed by atoms with van der Waals surface area (Å²) in [5, 5.41) is 0. The predicted molar refractivity (Wildman–Crippen MR) is 365 cm³/mol. The summed E-state index contributed by atoms with van der Waals surface area (Å²) in [6.45, 7) is 4.34. The molecule has 0 aromatic heterocycles. The highest BCUT2D eigenvalue weighted by Crippen LogP contribution is 2.38. The first-order valence-corrected chi connectivity index (χ1v) is 39.7. The average Bonchev–Trinajstić information content (AvgIpc) is 3.47. The van der Waals surface area contributed by atoms with Gasteiger partial charge in [-0.05, 0) is 12.8 Å². The van der Waals surface area contributed by atoms with Crippen molar-refractivity contribution in [1.82, 2.24) is 0 Å². The molecular weight excluding hydrogens is 1070 g/mol. The number of esters is 2. The third-order valence-corrected chi connectivity index (χ3v) is 18.8. The summed E-state index contributed by atoms with van der Waals surface area (Å²) in [4.78, 5) is 38.1. The van der Waals surface area contributed by atoms with E-state index >= 15 is 0 Å². The molecule has 0 N–H and O–H groups in total. The number of unbranched alkanes of at least 4 members (excludes halogenated alkanes) is 59. The molecule has 0 spiro atoms. The van der Waals surface area contributed by atoms with Crippen molar-refractivity contribution in [2.24, 2.45) is 0 Å². The van der Waals surface area contributed by atoms with E-state index in [0.717, 1.165) is 32.1 Å². The van der Waals surface area contributed by atoms with Crippen LogP contribution < -0.4 is 4.89 Å². The van der Waals surface area contributed by atoms with E-state index in [0.29, 0.717) is 17.4 Å². The molecule has 0 saturated carbocycles. The number of phosphoric acid groups is 1. The van der Waals surface area contributed by atoms with Crippen LogP contribution in [0, 0.1) is 0 Å². The van der Waals surface area contributed by atoms with E-state index in [1.807, 2.05) is 21.1 Å². The van der Waals surface area contributed by atoms with Crippen LogP contribution in [-0.4, -0.2) is 70.0 Å². The molecule has 2 unspecified atom stereocenters. The molecule has 0 aromatic carbocycles. The summed E-state index contributed by atoms with van der Waals surface area (Å²) in [5.41, 5.74) is 0. The maximum Gasteiger partial charge on any atom is 0.306 e. The summed E-state index contributed by atoms with van der Waals surface area (Å²) in [7, 11) is 1.20. The van der Waals surface area contributed by atoms with Gasteiger partial charge in [0.1, 0.15) is 19.8 Å². The molecule has 0 aliphatic rings. The smallest absolute Gasteiger partial charge is 0.306 e. The fourth-order valence-corrected chi connectivity index (χ4v) is 12.7. The number of carbonyl (C=O) groups is 2. The van der Waals surface area contributed by atoms with Crippen LogP contribution in [0.15, 0.2) is 0 Å². The molecule has 85 heavy (non-hydrogen) atoms. The number of hydrogen-bond donors (Lipinski definition) is 0. The zero-order valence-corrected chi connectivity index (χ0v) is 59.0. The normalized spacial score (nSPS) is 13.0. The van der Waals surface area contributed by atoms with Gasteiger partial charge in [0.2, 0.25) is 0 Å². The first kappa shape index (κ1) is 84.0. The van der Waals surface area contributed by atoms with Crippen LogP contribution in [0.1, 0.15) is 418 Å². The highest BCUT2D eigenvalue weighted by molar-refractivity contribution is 7.45. The maximum absolute atomic E-state index is 12.9. The third-order valence-electron chi connectivity index (χ3n) is 17.9. The lowest BCUT2D eigenvalue weighted by Crippen LogP contribution is -2.37. The van der Waals surface area contributed by atoms with Gasteiger partial charge in [-0.3, -0.25) is 14.2 Å². The van der Waals surface area contributed by atoms with Crippen LogP contribution in [0.25, 0.3) is 0 Å². The Morgan fingerprint density at radius 1 is 0.318 bits per heavy atom. The number of quaternary nitrogens is 1. The van der Waals surface area contributed by atoms with Crippen molar-refractivity contribution in [3.05, 3.63) is 0 Å². The summed E-state index contributed by atoms with van der Waals surface area (Å²) in [6, 6.07) is 0. The van der Waals surface area contributed by atoms with E-state index in [-0.39, 0.29) is 32.0 Å². The Morgan fingerprint density at radius 2 is 0.529 bits per heavy atom. The lowest BCUT2D eigenvalue weighted by molar-refractivity contribution is -0.870. The van der Waals surface area contributed by atoms with Gasteiger partial charge in [-0.1, -0.05) is 393 Å². The Balaban J connectivity index is 3.87. The summed E-state index contributed by atoms with van der Waals surface area (Å²) >= 11 is 0. The molecule has 0 rings (SSSR count). The van der Waals surface area contributed by atoms with Crippen molar-refractivity contribution in [2.45, 2.75) is 424 Å². The molecule has 0 saturated heterocycles. The summed E-state index contributed by atoms with van der Waals surface area (Å²) in [5.74, 6) is -0.802. The molecule has 0 aromatic rings. The molecule has 9 nitrogen and oxygen atoms in total. The SMILES string of the molecule is CCCCCCCCCCCCCCCCCCCCCCCCCCCCCCCCCCCCCCCCC(=O)OC(COC(=O)CCCCCCCCCCCCCCCCCCCCCCCCC)COP(=O)([O-])OCC[N+](C)(C)C. The van der Waals surface area contributed by atoms with Crippen LogP contribution >= 0.6 is 7.82 Å². The number of ether oxygens (including phenoxy) is 2. The summed E-state index contributed by atoms with van der Waals surface area (Å²) < 4.78 is 34.4. The van der Waals surface area contributed by atoms with Gasteiger partial charge in [-0.25, -0.2) is 0 Å². The van der Waals surface area contributed by atoms with Crippen LogP contribution in [0.3, 0.4) is 0 Å². The number of nitrogens with zero attached hydrogens (tertiary/aromatic N) is 1. The minimum atomic E-state index is -4.64. The standard InChI is InChI=1S/C75H150NO8P/c1-6-8-10-12-14-16-18-20-22-24-26-28-30-31-32-33-34-35-36-37-38-39-40-41-42-43-44-46-48-50-52-54-56-58-60-62-64-66-68-75(78)84-73(72-83-85(79,80)82-70-69-76(3,4)5)71-81-74(77)67-65-63-61-59-57-55-53-51-49-47-45-29-27-25-23-21-19-17-15-13-11-9-7-2/h73H,6-72H2,1-5H3. The highest BCUT2D eigenvalue weighted by Gasteiger charge is 2.22. The zero-order chi connectivity index (χ0) is 61.9. The van der Waals surface area contributed by atoms with Crippen LogP contribution in [0.2, 0.25) is 0 Å². The Bertz CT molecular complexity index is 1390. The van der Waals surface area contributed by atoms with Crippen molar-refractivity contribution < 1.29 is 42.1 Å². The van der Waals surface area contributed by atoms with E-state index in [2.05, 4.69) is 13.8 Å². The minimum absolute atomic E-state index is 0.0247. The van der Waals surface area contributed by atoms with E-state index in [1.165, 1.54) is 353 Å². The van der Waals surface area contributed by atoms with Gasteiger partial charge in [0.05, 0.1) is 27.7 Å². The molecule has 0 aliphatic heterocycles. The van der Waals surface area contributed by atoms with Gasteiger partial charge in [-0.2, -0.15) is 0 Å². The molecule has 0 aliphatic carbocycles. The van der Waals surface area contributed by atoms with Gasteiger partial charge >= 0.3 is 11.9 Å². The topological polar surface area (TPSA) is 111 Å². The second-order valence-electron chi connectivity index (χ2n) is 27.7. The second kappa shape index (κ2) is 67.4. The molecule has 0 radical (unpaired) electrons. The van der Waals surface area contributed by atoms with Crippen molar-refractivity contribution in [3.63, 3.8) is 0 Å². The Kier molecular flexibility index (Phi) is 66.6. The largest absolute Gasteiger partial charge is 0.756 e. The number of likely N-dealkylation sites (N-methyl/N-ethyl adjacent to an activating group) is 1. The highest BCUT2D eigenvalue weighted by atomic mass is 31.2. The van der Waals surface area contributed by atoms with Gasteiger partial charge in [-0.15, -0.1) is 0 Å². The Labute approximate surface area is 531 Å². The second-order valence-corrected chi connectivity index (χ2v) is 29.2. The van der Waals surface area contributed by atoms with Gasteiger partial charge < -0.3 is 27.9 Å². The fraction of sp³-hybridized carbons (Fsp3) is 0.973. The number of hydrogen-bond acceptors (Lipinski definition) is 8. The Morgan fingerprint density at radius 3 is 0.753 bits per heavy atom. The van der Waals surface area contributed by atoms with Gasteiger partial charge in [0, 0.05) is 12.8 Å². The molecular formula is C75H150NO8P. The third kappa shape index (κ3) is 72.0. The molecule has 508 valence electrons. The number of phosphoric ester groups is 1. The maximum atomic E-state index is 12.9. The number of carbonyl (C=O) groups excluding carboxylic acids is 2. The average molecular weight is 1220 g/mol. The van der Waals surface area contributed by atoms with Crippen molar-refractivity contribution in [3.8, 4) is 0 Å². The molecule has 0 amide bonds. The fourth-order valence-electron chi connectivity index (χ4n) is 12.0. The minimum Gasteiger partial charge on any atom is -0.756 e. The van der Waals surface area contributed by atoms with Crippen molar-refractivity contribution in [2.75, 3.05) is 47.5 Å². The van der Waals surface area contributed by atoms with E-state index in [9.17, 15) is 19.0 Å². The van der Waals surface area contributed by atoms with Gasteiger partial charge in [0.25, 0.3) is 7.82 Å². The quantitative estimate of drug-likeness (QED) is 0.0256. The van der Waals surface area contributed by atoms with E-state index in [1.54, 1.807) is 0 Å². The molecule has 10 heteroatoms. The van der Waals surface area contributed by atoms with Crippen LogP contribution in [0.5, 0.6) is 0 Å². The van der Waals surface area contributed by atoms with Crippen molar-refractivity contribution >= 4 is 19.8 Å². The molecule has 0 fully saturated rings. The number of rotatable bonds is 73. The molecule has 0 heterocycles. The lowest BCUT2D eigenvalue weighted by atomic mass is 10.0. The molecule has 0 bridgehead atoms. The first-order chi connectivity index (χ1) is 41.5.